The molecule has 24 heavy (non-hydrogen) atoms. The number of nitrogens with zero attached hydrogens (tertiary/aromatic N) is 1. The topological polar surface area (TPSA) is 49.8 Å². The molecule has 2 fully saturated rings. The number of ether oxygens (including phenoxy) is 1. The van der Waals surface area contributed by atoms with Gasteiger partial charge in [-0.15, -0.1) is 11.8 Å². The molecule has 2 aliphatic rings. The Bertz CT molecular complexity index is 564. The number of hydrogen-bond acceptors (Lipinski definition) is 4. The van der Waals surface area contributed by atoms with Crippen LogP contribution in [-0.2, 0) is 9.53 Å². The highest BCUT2D eigenvalue weighted by Gasteiger charge is 2.56. The third-order valence-electron chi connectivity index (χ3n) is 5.54. The second kappa shape index (κ2) is 7.46. The van der Waals surface area contributed by atoms with Crippen LogP contribution in [0.25, 0.3) is 0 Å². The fourth-order valence-electron chi connectivity index (χ4n) is 3.86. The summed E-state index contributed by atoms with van der Waals surface area (Å²) in [6.07, 6.45) is 2.33. The molecular weight excluding hydrogens is 322 g/mol. The number of benzene rings is 1. The highest BCUT2D eigenvalue weighted by molar-refractivity contribution is 8.00. The number of carbonyl (C=O) groups is 1. The highest BCUT2D eigenvalue weighted by atomic mass is 32.2. The van der Waals surface area contributed by atoms with Crippen LogP contribution in [0.5, 0.6) is 0 Å². The van der Waals surface area contributed by atoms with Gasteiger partial charge in [0, 0.05) is 36.4 Å². The third kappa shape index (κ3) is 3.48. The first kappa shape index (κ1) is 17.8. The monoisotopic (exact) mass is 349 g/mol. The number of carbonyl (C=O) groups excluding carboxylic acids is 1. The largest absolute Gasteiger partial charge is 0.392 e. The minimum Gasteiger partial charge on any atom is -0.392 e. The molecule has 1 N–H and O–H groups in total. The van der Waals surface area contributed by atoms with Crippen LogP contribution in [0, 0.1) is 12.3 Å². The first-order chi connectivity index (χ1) is 11.5. The van der Waals surface area contributed by atoms with Gasteiger partial charge in [0.25, 0.3) is 0 Å². The molecule has 1 aliphatic carbocycles. The predicted molar refractivity (Wildman–Crippen MR) is 96.2 cm³/mol. The summed E-state index contributed by atoms with van der Waals surface area (Å²) in [5.41, 5.74) is 1.12. The Morgan fingerprint density at radius 3 is 2.58 bits per heavy atom. The Balaban J connectivity index is 1.49. The molecule has 4 nitrogen and oxygen atoms in total. The Morgan fingerprint density at radius 1 is 1.33 bits per heavy atom. The number of likely N-dealkylation sites (tertiary alicyclic amines) is 1. The van der Waals surface area contributed by atoms with Gasteiger partial charge in [0.15, 0.2) is 0 Å². The quantitative estimate of drug-likeness (QED) is 0.831. The smallest absolute Gasteiger partial charge is 0.232 e. The summed E-state index contributed by atoms with van der Waals surface area (Å²) < 4.78 is 5.78. The fourth-order valence-corrected chi connectivity index (χ4v) is 4.66. The lowest BCUT2D eigenvalue weighted by molar-refractivity contribution is -0.209. The minimum atomic E-state index is -0.270. The number of amides is 1. The van der Waals surface area contributed by atoms with E-state index in [9.17, 15) is 9.90 Å². The van der Waals surface area contributed by atoms with Gasteiger partial charge in [-0.3, -0.25) is 4.79 Å². The molecule has 1 spiro atoms. The van der Waals surface area contributed by atoms with E-state index in [-0.39, 0.29) is 23.5 Å². The van der Waals surface area contributed by atoms with Crippen molar-refractivity contribution in [3.8, 4) is 0 Å². The molecule has 1 saturated carbocycles. The summed E-state index contributed by atoms with van der Waals surface area (Å²) >= 11 is 1.59. The average Bonchev–Trinajstić information content (AvgIpc) is 2.61. The zero-order valence-corrected chi connectivity index (χ0v) is 15.3. The van der Waals surface area contributed by atoms with Crippen molar-refractivity contribution in [1.29, 1.82) is 0 Å². The van der Waals surface area contributed by atoms with E-state index in [1.807, 2.05) is 11.8 Å². The number of aliphatic hydroxyl groups is 1. The van der Waals surface area contributed by atoms with Gasteiger partial charge in [0.05, 0.1) is 18.0 Å². The van der Waals surface area contributed by atoms with Crippen LogP contribution in [0.1, 0.15) is 31.7 Å². The van der Waals surface area contributed by atoms with Crippen molar-refractivity contribution in [2.75, 3.05) is 25.4 Å². The van der Waals surface area contributed by atoms with E-state index in [2.05, 4.69) is 31.2 Å². The van der Waals surface area contributed by atoms with Crippen LogP contribution in [0.3, 0.4) is 0 Å². The summed E-state index contributed by atoms with van der Waals surface area (Å²) in [5, 5.41) is 10.2. The lowest BCUT2D eigenvalue weighted by atomic mass is 9.58. The molecule has 0 aromatic heterocycles. The molecule has 2 unspecified atom stereocenters. The molecule has 1 aromatic rings. The second-order valence-electron chi connectivity index (χ2n) is 6.91. The summed E-state index contributed by atoms with van der Waals surface area (Å²) in [6.45, 7) is 6.21. The minimum absolute atomic E-state index is 0.114. The van der Waals surface area contributed by atoms with E-state index in [0.717, 1.165) is 37.2 Å². The molecule has 1 aliphatic heterocycles. The number of aliphatic hydroxyl groups excluding tert-OH is 1. The van der Waals surface area contributed by atoms with Gasteiger partial charge in [0.2, 0.25) is 5.91 Å². The molecule has 1 aromatic carbocycles. The van der Waals surface area contributed by atoms with Crippen molar-refractivity contribution in [1.82, 2.24) is 4.90 Å². The zero-order valence-electron chi connectivity index (χ0n) is 14.5. The molecule has 0 bridgehead atoms. The van der Waals surface area contributed by atoms with E-state index < -0.39 is 0 Å². The maximum Gasteiger partial charge on any atom is 0.232 e. The van der Waals surface area contributed by atoms with E-state index in [0.29, 0.717) is 12.4 Å². The molecule has 1 amide bonds. The van der Waals surface area contributed by atoms with Crippen LogP contribution in [-0.4, -0.2) is 53.6 Å². The molecule has 0 radical (unpaired) electrons. The Hall–Kier alpha value is -1.04. The van der Waals surface area contributed by atoms with Crippen LogP contribution in [0.15, 0.2) is 29.2 Å². The van der Waals surface area contributed by atoms with Crippen molar-refractivity contribution >= 4 is 17.7 Å². The van der Waals surface area contributed by atoms with Gasteiger partial charge in [-0.2, -0.15) is 0 Å². The standard InChI is InChI=1S/C19H27NO3S/c1-3-23-17-12-16(21)19(17)8-10-20(11-9-19)18(22)13-24-15-6-4-14(2)5-7-15/h4-7,16-17,21H,3,8-13H2,1-2H3. The van der Waals surface area contributed by atoms with Crippen LogP contribution >= 0.6 is 11.8 Å². The molecule has 132 valence electrons. The van der Waals surface area contributed by atoms with Crippen molar-refractivity contribution < 1.29 is 14.6 Å². The van der Waals surface area contributed by atoms with E-state index in [4.69, 9.17) is 4.74 Å². The molecular formula is C19H27NO3S. The zero-order chi connectivity index (χ0) is 17.2. The first-order valence-corrected chi connectivity index (χ1v) is 9.80. The van der Waals surface area contributed by atoms with E-state index in [1.165, 1.54) is 5.56 Å². The van der Waals surface area contributed by atoms with Crippen molar-refractivity contribution in [2.45, 2.75) is 50.2 Å². The van der Waals surface area contributed by atoms with Crippen molar-refractivity contribution in [3.63, 3.8) is 0 Å². The highest BCUT2D eigenvalue weighted by Crippen LogP contribution is 2.50. The number of piperidine rings is 1. The van der Waals surface area contributed by atoms with Gasteiger partial charge < -0.3 is 14.7 Å². The molecule has 1 heterocycles. The van der Waals surface area contributed by atoms with E-state index in [1.54, 1.807) is 11.8 Å². The third-order valence-corrected chi connectivity index (χ3v) is 6.54. The maximum atomic E-state index is 12.5. The van der Waals surface area contributed by atoms with Crippen molar-refractivity contribution in [3.05, 3.63) is 29.8 Å². The summed E-state index contributed by atoms with van der Waals surface area (Å²) in [6, 6.07) is 8.28. The molecule has 3 rings (SSSR count). The average molecular weight is 349 g/mol. The lowest BCUT2D eigenvalue weighted by Gasteiger charge is -2.56. The fraction of sp³-hybridized carbons (Fsp3) is 0.632. The van der Waals surface area contributed by atoms with Crippen LogP contribution in [0.4, 0.5) is 0 Å². The SMILES string of the molecule is CCOC1CC(O)C12CCN(C(=O)CSc1ccc(C)cc1)CC2. The number of rotatable bonds is 5. The van der Waals surface area contributed by atoms with Gasteiger partial charge >= 0.3 is 0 Å². The molecule has 2 atom stereocenters. The molecule has 1 saturated heterocycles. The Morgan fingerprint density at radius 2 is 2.00 bits per heavy atom. The summed E-state index contributed by atoms with van der Waals surface area (Å²) in [5.74, 6) is 0.672. The second-order valence-corrected chi connectivity index (χ2v) is 7.96. The van der Waals surface area contributed by atoms with Gasteiger partial charge in [-0.1, -0.05) is 17.7 Å². The van der Waals surface area contributed by atoms with E-state index >= 15 is 0 Å². The number of hydrogen-bond donors (Lipinski definition) is 1. The number of aryl methyl sites for hydroxylation is 1. The Labute approximate surface area is 148 Å². The van der Waals surface area contributed by atoms with Gasteiger partial charge in [-0.25, -0.2) is 0 Å². The lowest BCUT2D eigenvalue weighted by Crippen LogP contribution is -2.62. The van der Waals surface area contributed by atoms with Crippen LogP contribution in [0.2, 0.25) is 0 Å². The summed E-state index contributed by atoms with van der Waals surface area (Å²) in [7, 11) is 0. The Kier molecular flexibility index (Phi) is 5.52. The molecule has 5 heteroatoms. The normalized spacial score (nSPS) is 25.5. The van der Waals surface area contributed by atoms with Gasteiger partial charge in [0.1, 0.15) is 0 Å². The summed E-state index contributed by atoms with van der Waals surface area (Å²) in [4.78, 5) is 15.5. The van der Waals surface area contributed by atoms with Crippen LogP contribution < -0.4 is 0 Å². The maximum absolute atomic E-state index is 12.5. The van der Waals surface area contributed by atoms with Gasteiger partial charge in [-0.05, 0) is 38.8 Å². The van der Waals surface area contributed by atoms with Crippen molar-refractivity contribution in [2.24, 2.45) is 5.41 Å². The predicted octanol–water partition coefficient (Wildman–Crippen LogP) is 2.87. The number of thioether (sulfide) groups is 1. The first-order valence-electron chi connectivity index (χ1n) is 8.82.